The topological polar surface area (TPSA) is 89.4 Å². The fourth-order valence-corrected chi connectivity index (χ4v) is 5.58. The van der Waals surface area contributed by atoms with Gasteiger partial charge in [-0.3, -0.25) is 14.5 Å². The lowest BCUT2D eigenvalue weighted by Gasteiger charge is -2.27. The summed E-state index contributed by atoms with van der Waals surface area (Å²) in [6, 6.07) is 0. The SMILES string of the molecule is CCCCCCCC/C=C\CCCCCCCC(=O)N(CCCCCCCCCCCCCCCC)C(=O)C(C)(N)N. The maximum atomic E-state index is 12.9. The van der Waals surface area contributed by atoms with Crippen LogP contribution in [-0.4, -0.2) is 28.9 Å². The first kappa shape index (κ1) is 40.8. The van der Waals surface area contributed by atoms with Gasteiger partial charge in [-0.15, -0.1) is 0 Å². The zero-order valence-electron chi connectivity index (χ0n) is 28.6. The second-order valence-electron chi connectivity index (χ2n) is 13.1. The minimum atomic E-state index is -1.51. The quantitative estimate of drug-likeness (QED) is 0.0477. The molecule has 2 amide bonds. The summed E-state index contributed by atoms with van der Waals surface area (Å²) in [7, 11) is 0. The fraction of sp³-hybridized carbons (Fsp3) is 0.892. The molecule has 0 rings (SSSR count). The van der Waals surface area contributed by atoms with E-state index in [1.807, 2.05) is 0 Å². The van der Waals surface area contributed by atoms with E-state index in [0.29, 0.717) is 13.0 Å². The molecule has 0 fully saturated rings. The summed E-state index contributed by atoms with van der Waals surface area (Å²) in [5.41, 5.74) is 10.3. The molecule has 42 heavy (non-hydrogen) atoms. The van der Waals surface area contributed by atoms with Crippen LogP contribution in [0.2, 0.25) is 0 Å². The molecule has 0 heterocycles. The molecule has 0 radical (unpaired) electrons. The largest absolute Gasteiger partial charge is 0.306 e. The zero-order valence-corrected chi connectivity index (χ0v) is 28.6. The summed E-state index contributed by atoms with van der Waals surface area (Å²) in [5, 5.41) is 0. The van der Waals surface area contributed by atoms with Gasteiger partial charge in [0.2, 0.25) is 5.91 Å². The van der Waals surface area contributed by atoms with Crippen molar-refractivity contribution in [1.82, 2.24) is 4.90 Å². The average Bonchev–Trinajstić information content (AvgIpc) is 2.96. The third-order valence-corrected chi connectivity index (χ3v) is 8.39. The van der Waals surface area contributed by atoms with Crippen LogP contribution in [0.1, 0.15) is 201 Å². The number of rotatable bonds is 31. The Morgan fingerprint density at radius 2 is 0.857 bits per heavy atom. The highest BCUT2D eigenvalue weighted by Crippen LogP contribution is 2.15. The van der Waals surface area contributed by atoms with Crippen LogP contribution in [0.4, 0.5) is 0 Å². The molecular formula is C37H73N3O2. The molecule has 0 saturated carbocycles. The first-order valence-corrected chi connectivity index (χ1v) is 18.4. The van der Waals surface area contributed by atoms with Crippen LogP contribution in [0.15, 0.2) is 12.2 Å². The number of imide groups is 1. The Balaban J connectivity index is 3.94. The molecule has 0 spiro atoms. The van der Waals surface area contributed by atoms with E-state index in [4.69, 9.17) is 11.5 Å². The fourth-order valence-electron chi connectivity index (χ4n) is 5.58. The molecule has 0 aromatic heterocycles. The zero-order chi connectivity index (χ0) is 31.2. The standard InChI is InChI=1S/C37H73N3O2/c1-4-6-8-10-12-14-16-18-20-21-23-25-27-29-31-33-35(41)40(36(42)37(3,38)39)34-32-30-28-26-24-22-19-17-15-13-11-9-7-5-2/h18,20H,4-17,19,21-34,38-39H2,1-3H3/b20-18-. The molecule has 5 nitrogen and oxygen atoms in total. The van der Waals surface area contributed by atoms with Crippen LogP contribution in [-0.2, 0) is 9.59 Å². The molecule has 0 bridgehead atoms. The van der Waals surface area contributed by atoms with Gasteiger partial charge in [0.1, 0.15) is 5.66 Å². The lowest BCUT2D eigenvalue weighted by molar-refractivity contribution is -0.148. The average molecular weight is 592 g/mol. The summed E-state index contributed by atoms with van der Waals surface area (Å²) in [5.74, 6) is -0.565. The van der Waals surface area contributed by atoms with Crippen molar-refractivity contribution >= 4 is 11.8 Å². The maximum absolute atomic E-state index is 12.9. The number of hydrogen-bond acceptors (Lipinski definition) is 4. The Bertz CT molecular complexity index is 641. The van der Waals surface area contributed by atoms with Gasteiger partial charge in [-0.1, -0.05) is 161 Å². The molecule has 5 heteroatoms. The van der Waals surface area contributed by atoms with Crippen molar-refractivity contribution in [3.05, 3.63) is 12.2 Å². The van der Waals surface area contributed by atoms with Crippen LogP contribution < -0.4 is 11.5 Å². The number of nitrogens with zero attached hydrogens (tertiary/aromatic N) is 1. The van der Waals surface area contributed by atoms with E-state index in [9.17, 15) is 9.59 Å². The number of allylic oxidation sites excluding steroid dienone is 2. The molecule has 0 saturated heterocycles. The molecule has 0 aromatic rings. The minimum absolute atomic E-state index is 0.116. The molecule has 4 N–H and O–H groups in total. The van der Waals surface area contributed by atoms with E-state index in [0.717, 1.165) is 44.9 Å². The lowest BCUT2D eigenvalue weighted by atomic mass is 10.0. The number of nitrogens with two attached hydrogens (primary N) is 2. The first-order valence-electron chi connectivity index (χ1n) is 18.4. The molecule has 0 aliphatic rings. The molecule has 0 unspecified atom stereocenters. The number of unbranched alkanes of at least 4 members (excludes halogenated alkanes) is 24. The molecular weight excluding hydrogens is 518 g/mol. The van der Waals surface area contributed by atoms with Crippen molar-refractivity contribution in [2.24, 2.45) is 11.5 Å². The second kappa shape index (κ2) is 29.9. The van der Waals surface area contributed by atoms with Gasteiger partial charge in [0, 0.05) is 13.0 Å². The van der Waals surface area contributed by atoms with Gasteiger partial charge < -0.3 is 11.5 Å². The molecule has 248 valence electrons. The highest BCUT2D eigenvalue weighted by atomic mass is 16.2. The maximum Gasteiger partial charge on any atom is 0.263 e. The van der Waals surface area contributed by atoms with Gasteiger partial charge in [0.05, 0.1) is 0 Å². The van der Waals surface area contributed by atoms with Gasteiger partial charge in [-0.05, 0) is 45.4 Å². The highest BCUT2D eigenvalue weighted by Gasteiger charge is 2.31. The molecule has 0 atom stereocenters. The van der Waals surface area contributed by atoms with Gasteiger partial charge in [0.25, 0.3) is 5.91 Å². The number of amides is 2. The summed E-state index contributed by atoms with van der Waals surface area (Å²) in [6.07, 6.45) is 38.9. The normalized spacial score (nSPS) is 11.9. The number of carbonyl (C=O) groups excluding carboxylic acids is 2. The Kier molecular flexibility index (Phi) is 29.0. The first-order chi connectivity index (χ1) is 20.3. The second-order valence-corrected chi connectivity index (χ2v) is 13.1. The van der Waals surface area contributed by atoms with Crippen molar-refractivity contribution < 1.29 is 9.59 Å². The smallest absolute Gasteiger partial charge is 0.263 e. The highest BCUT2D eigenvalue weighted by molar-refractivity contribution is 5.99. The van der Waals surface area contributed by atoms with E-state index in [-0.39, 0.29) is 5.91 Å². The predicted molar refractivity (Wildman–Crippen MR) is 183 cm³/mol. The summed E-state index contributed by atoms with van der Waals surface area (Å²) < 4.78 is 0. The van der Waals surface area contributed by atoms with Crippen LogP contribution >= 0.6 is 0 Å². The van der Waals surface area contributed by atoms with Crippen LogP contribution in [0.25, 0.3) is 0 Å². The van der Waals surface area contributed by atoms with Gasteiger partial charge in [-0.2, -0.15) is 0 Å². The summed E-state index contributed by atoms with van der Waals surface area (Å²) >= 11 is 0. The van der Waals surface area contributed by atoms with E-state index >= 15 is 0 Å². The van der Waals surface area contributed by atoms with Crippen molar-refractivity contribution in [3.63, 3.8) is 0 Å². The van der Waals surface area contributed by atoms with Crippen LogP contribution in [0, 0.1) is 0 Å². The van der Waals surface area contributed by atoms with Crippen molar-refractivity contribution in [3.8, 4) is 0 Å². The Morgan fingerprint density at radius 1 is 0.524 bits per heavy atom. The van der Waals surface area contributed by atoms with Crippen molar-refractivity contribution in [1.29, 1.82) is 0 Å². The molecule has 0 aromatic carbocycles. The summed E-state index contributed by atoms with van der Waals surface area (Å²) in [4.78, 5) is 27.0. The van der Waals surface area contributed by atoms with Gasteiger partial charge in [-0.25, -0.2) is 0 Å². The third-order valence-electron chi connectivity index (χ3n) is 8.39. The van der Waals surface area contributed by atoms with Crippen LogP contribution in [0.3, 0.4) is 0 Å². The number of carbonyl (C=O) groups is 2. The van der Waals surface area contributed by atoms with E-state index in [2.05, 4.69) is 26.0 Å². The Hall–Kier alpha value is -1.20. The predicted octanol–water partition coefficient (Wildman–Crippen LogP) is 10.5. The summed E-state index contributed by atoms with van der Waals surface area (Å²) in [6.45, 7) is 6.46. The van der Waals surface area contributed by atoms with Crippen molar-refractivity contribution in [2.45, 2.75) is 206 Å². The monoisotopic (exact) mass is 592 g/mol. The van der Waals surface area contributed by atoms with E-state index in [1.54, 1.807) is 0 Å². The third kappa shape index (κ3) is 26.4. The molecule has 0 aliphatic carbocycles. The van der Waals surface area contributed by atoms with Gasteiger partial charge in [0.15, 0.2) is 0 Å². The van der Waals surface area contributed by atoms with Gasteiger partial charge >= 0.3 is 0 Å². The molecule has 0 aliphatic heterocycles. The van der Waals surface area contributed by atoms with E-state index < -0.39 is 11.6 Å². The Labute approximate surface area is 262 Å². The number of hydrogen-bond donors (Lipinski definition) is 2. The van der Waals surface area contributed by atoms with Crippen molar-refractivity contribution in [2.75, 3.05) is 6.54 Å². The van der Waals surface area contributed by atoms with Crippen LogP contribution in [0.5, 0.6) is 0 Å². The van der Waals surface area contributed by atoms with E-state index in [1.165, 1.54) is 140 Å². The lowest BCUT2D eigenvalue weighted by Crippen LogP contribution is -2.61. The minimum Gasteiger partial charge on any atom is -0.306 e. The Morgan fingerprint density at radius 3 is 1.24 bits per heavy atom.